The second-order valence-corrected chi connectivity index (χ2v) is 6.41. The molecule has 0 saturated heterocycles. The summed E-state index contributed by atoms with van der Waals surface area (Å²) in [5, 5.41) is 12.9. The fourth-order valence-corrected chi connectivity index (χ4v) is 2.12. The van der Waals surface area contributed by atoms with Crippen LogP contribution < -0.4 is 5.32 Å². The second-order valence-electron chi connectivity index (χ2n) is 5.50. The van der Waals surface area contributed by atoms with E-state index in [1.165, 1.54) is 0 Å². The third-order valence-corrected chi connectivity index (χ3v) is 3.60. The molecule has 0 aliphatic carbocycles. The third kappa shape index (κ3) is 8.50. The molecule has 17 heavy (non-hydrogen) atoms. The van der Waals surface area contributed by atoms with E-state index in [0.29, 0.717) is 12.5 Å². The number of nitrogens with one attached hydrogen (secondary N) is 1. The van der Waals surface area contributed by atoms with Gasteiger partial charge >= 0.3 is 0 Å². The minimum absolute atomic E-state index is 0.00546. The first-order valence-electron chi connectivity index (χ1n) is 6.27. The van der Waals surface area contributed by atoms with Crippen LogP contribution in [0.3, 0.4) is 0 Å². The van der Waals surface area contributed by atoms with Crippen molar-refractivity contribution in [3.8, 4) is 0 Å². The average Bonchev–Trinajstić information content (AvgIpc) is 2.24. The first-order valence-corrected chi connectivity index (χ1v) is 7.67. The van der Waals surface area contributed by atoms with E-state index in [9.17, 15) is 9.90 Å². The SMILES string of the molecule is CSCC(C)C(=O)NCC(C)(O)CCC(C)C. The highest BCUT2D eigenvalue weighted by atomic mass is 32.2. The van der Waals surface area contributed by atoms with Gasteiger partial charge in [0.05, 0.1) is 5.60 Å². The number of hydrogen-bond acceptors (Lipinski definition) is 3. The number of aliphatic hydroxyl groups is 1. The number of rotatable bonds is 8. The van der Waals surface area contributed by atoms with E-state index in [-0.39, 0.29) is 11.8 Å². The van der Waals surface area contributed by atoms with Gasteiger partial charge in [0.1, 0.15) is 0 Å². The van der Waals surface area contributed by atoms with Crippen LogP contribution in [0.25, 0.3) is 0 Å². The molecule has 0 aromatic carbocycles. The molecule has 4 heteroatoms. The van der Waals surface area contributed by atoms with Crippen molar-refractivity contribution < 1.29 is 9.90 Å². The fourth-order valence-electron chi connectivity index (χ4n) is 1.47. The lowest BCUT2D eigenvalue weighted by molar-refractivity contribution is -0.125. The standard InChI is InChI=1S/C13H27NO2S/c1-10(2)6-7-13(4,16)9-14-12(15)11(3)8-17-5/h10-11,16H,6-9H2,1-5H3,(H,14,15). The molecule has 2 unspecified atom stereocenters. The number of hydrogen-bond donors (Lipinski definition) is 2. The van der Waals surface area contributed by atoms with Crippen molar-refractivity contribution in [1.29, 1.82) is 0 Å². The Kier molecular flexibility index (Phi) is 7.88. The van der Waals surface area contributed by atoms with Gasteiger partial charge in [0.25, 0.3) is 0 Å². The molecule has 102 valence electrons. The Bertz CT molecular complexity index is 229. The zero-order chi connectivity index (χ0) is 13.5. The van der Waals surface area contributed by atoms with Gasteiger partial charge in [-0.25, -0.2) is 0 Å². The van der Waals surface area contributed by atoms with E-state index in [4.69, 9.17) is 0 Å². The smallest absolute Gasteiger partial charge is 0.223 e. The Balaban J connectivity index is 3.95. The Morgan fingerprint density at radius 2 is 2.00 bits per heavy atom. The lowest BCUT2D eigenvalue weighted by Gasteiger charge is -2.25. The Morgan fingerprint density at radius 3 is 2.47 bits per heavy atom. The maximum atomic E-state index is 11.7. The number of carbonyl (C=O) groups is 1. The zero-order valence-electron chi connectivity index (χ0n) is 11.7. The van der Waals surface area contributed by atoms with Crippen LogP contribution in [-0.4, -0.2) is 35.2 Å². The summed E-state index contributed by atoms with van der Waals surface area (Å²) in [6.07, 6.45) is 3.69. The van der Waals surface area contributed by atoms with Gasteiger partial charge in [-0.1, -0.05) is 20.8 Å². The molecule has 0 aromatic rings. The Hall–Kier alpha value is -0.220. The lowest BCUT2D eigenvalue weighted by Crippen LogP contribution is -2.42. The van der Waals surface area contributed by atoms with Crippen LogP contribution in [0.4, 0.5) is 0 Å². The first-order chi connectivity index (χ1) is 7.78. The van der Waals surface area contributed by atoms with Crippen molar-refractivity contribution in [2.24, 2.45) is 11.8 Å². The van der Waals surface area contributed by atoms with Crippen LogP contribution in [0.15, 0.2) is 0 Å². The predicted octanol–water partition coefficient (Wildman–Crippen LogP) is 2.29. The molecule has 0 aliphatic rings. The summed E-state index contributed by atoms with van der Waals surface area (Å²) < 4.78 is 0. The first kappa shape index (κ1) is 16.8. The molecule has 0 bridgehead atoms. The van der Waals surface area contributed by atoms with Gasteiger partial charge < -0.3 is 10.4 Å². The largest absolute Gasteiger partial charge is 0.388 e. The quantitative estimate of drug-likeness (QED) is 0.705. The molecule has 0 aliphatic heterocycles. The van der Waals surface area contributed by atoms with Gasteiger partial charge in [-0.2, -0.15) is 11.8 Å². The third-order valence-electron chi connectivity index (χ3n) is 2.77. The second kappa shape index (κ2) is 7.98. The molecule has 2 N–H and O–H groups in total. The van der Waals surface area contributed by atoms with Crippen molar-refractivity contribution in [3.63, 3.8) is 0 Å². The van der Waals surface area contributed by atoms with Crippen LogP contribution in [-0.2, 0) is 4.79 Å². The molecule has 0 fully saturated rings. The highest BCUT2D eigenvalue weighted by molar-refractivity contribution is 7.98. The van der Waals surface area contributed by atoms with Crippen molar-refractivity contribution in [1.82, 2.24) is 5.32 Å². The summed E-state index contributed by atoms with van der Waals surface area (Å²) in [5.41, 5.74) is -0.793. The Labute approximate surface area is 110 Å². The van der Waals surface area contributed by atoms with Gasteiger partial charge in [0.2, 0.25) is 5.91 Å². The van der Waals surface area contributed by atoms with E-state index in [0.717, 1.165) is 18.6 Å². The van der Waals surface area contributed by atoms with E-state index in [1.54, 1.807) is 18.7 Å². The van der Waals surface area contributed by atoms with E-state index < -0.39 is 5.60 Å². The molecule has 0 rings (SSSR count). The van der Waals surface area contributed by atoms with Crippen LogP contribution in [0.1, 0.15) is 40.5 Å². The lowest BCUT2D eigenvalue weighted by atomic mass is 9.95. The van der Waals surface area contributed by atoms with Gasteiger partial charge in [-0.15, -0.1) is 0 Å². The molecule has 3 nitrogen and oxygen atoms in total. The van der Waals surface area contributed by atoms with Crippen molar-refractivity contribution in [2.75, 3.05) is 18.6 Å². The van der Waals surface area contributed by atoms with Crippen LogP contribution in [0.5, 0.6) is 0 Å². The van der Waals surface area contributed by atoms with Crippen LogP contribution in [0.2, 0.25) is 0 Å². The molecule has 0 aromatic heterocycles. The molecular formula is C13H27NO2S. The molecule has 0 heterocycles. The predicted molar refractivity (Wildman–Crippen MR) is 75.3 cm³/mol. The fraction of sp³-hybridized carbons (Fsp3) is 0.923. The van der Waals surface area contributed by atoms with E-state index in [1.807, 2.05) is 13.2 Å². The molecule has 1 amide bonds. The van der Waals surface area contributed by atoms with Crippen molar-refractivity contribution in [2.45, 2.75) is 46.1 Å². The zero-order valence-corrected chi connectivity index (χ0v) is 12.6. The normalized spacial score (nSPS) is 16.6. The summed E-state index contributed by atoms with van der Waals surface area (Å²) in [5.74, 6) is 1.43. The highest BCUT2D eigenvalue weighted by Crippen LogP contribution is 2.15. The minimum Gasteiger partial charge on any atom is -0.388 e. The topological polar surface area (TPSA) is 49.3 Å². The van der Waals surface area contributed by atoms with Crippen LogP contribution >= 0.6 is 11.8 Å². The van der Waals surface area contributed by atoms with Crippen LogP contribution in [0, 0.1) is 11.8 Å². The number of thioether (sulfide) groups is 1. The molecular weight excluding hydrogens is 234 g/mol. The average molecular weight is 261 g/mol. The molecule has 0 spiro atoms. The summed E-state index contributed by atoms with van der Waals surface area (Å²) in [7, 11) is 0. The number of amides is 1. The van der Waals surface area contributed by atoms with Gasteiger partial charge in [-0.05, 0) is 31.9 Å². The monoisotopic (exact) mass is 261 g/mol. The number of carbonyl (C=O) groups excluding carboxylic acids is 1. The van der Waals surface area contributed by atoms with Gasteiger partial charge in [0.15, 0.2) is 0 Å². The summed E-state index contributed by atoms with van der Waals surface area (Å²) in [6.45, 7) is 8.31. The van der Waals surface area contributed by atoms with Gasteiger partial charge in [0, 0.05) is 18.2 Å². The van der Waals surface area contributed by atoms with Crippen molar-refractivity contribution >= 4 is 17.7 Å². The maximum absolute atomic E-state index is 11.7. The van der Waals surface area contributed by atoms with Crippen molar-refractivity contribution in [3.05, 3.63) is 0 Å². The summed E-state index contributed by atoms with van der Waals surface area (Å²) >= 11 is 1.66. The van der Waals surface area contributed by atoms with E-state index in [2.05, 4.69) is 19.2 Å². The molecule has 0 radical (unpaired) electrons. The summed E-state index contributed by atoms with van der Waals surface area (Å²) in [6, 6.07) is 0. The Morgan fingerprint density at radius 1 is 1.41 bits per heavy atom. The highest BCUT2D eigenvalue weighted by Gasteiger charge is 2.22. The van der Waals surface area contributed by atoms with E-state index >= 15 is 0 Å². The maximum Gasteiger partial charge on any atom is 0.223 e. The minimum atomic E-state index is -0.793. The summed E-state index contributed by atoms with van der Waals surface area (Å²) in [4.78, 5) is 11.7. The molecule has 2 atom stereocenters. The van der Waals surface area contributed by atoms with Gasteiger partial charge in [-0.3, -0.25) is 4.79 Å². The molecule has 0 saturated carbocycles.